The summed E-state index contributed by atoms with van der Waals surface area (Å²) < 4.78 is 12.6. The minimum absolute atomic E-state index is 0.0381. The van der Waals surface area contributed by atoms with Gasteiger partial charge < -0.3 is 19.9 Å². The number of hydrogen-bond acceptors (Lipinski definition) is 4. The molecule has 1 aliphatic heterocycles. The van der Waals surface area contributed by atoms with Crippen molar-refractivity contribution < 1.29 is 19.4 Å². The second-order valence-corrected chi connectivity index (χ2v) is 10.8. The van der Waals surface area contributed by atoms with Gasteiger partial charge in [-0.3, -0.25) is 4.79 Å². The van der Waals surface area contributed by atoms with Gasteiger partial charge in [-0.2, -0.15) is 0 Å². The van der Waals surface area contributed by atoms with Crippen molar-refractivity contribution in [2.45, 2.75) is 63.3 Å². The number of hydrogen-bond donors (Lipinski definition) is 2. The van der Waals surface area contributed by atoms with E-state index in [4.69, 9.17) is 9.47 Å². The van der Waals surface area contributed by atoms with Crippen LogP contribution in [0.4, 0.5) is 0 Å². The Bertz CT molecular complexity index is 1250. The Morgan fingerprint density at radius 3 is 2.55 bits per heavy atom. The Morgan fingerprint density at radius 1 is 1.05 bits per heavy atom. The van der Waals surface area contributed by atoms with E-state index in [9.17, 15) is 9.90 Å². The SMILES string of the molecule is CC(C)(Oc1ccccc1)[C@H](O)/C=C/[C@H]1CC[C@@H]2Oc3c(CCCNC(=O)c4ccccc4)cccc3[C@@H]21. The van der Waals surface area contributed by atoms with Crippen molar-refractivity contribution in [3.05, 3.63) is 108 Å². The standard InChI is InChI=1S/C33H37NO4/c1-33(2,38-26-15-7-4-8-16-26)29(35)21-19-23-18-20-28-30(23)27-17-9-13-24(31(27)37-28)14-10-22-34-32(36)25-11-5-3-6-12-25/h3-9,11-13,15-17,19,21,23,28-30,35H,10,14,18,20,22H2,1-2H3,(H,34,36)/b21-19+/t23-,28+,29-,30+/m1/s1. The lowest BCUT2D eigenvalue weighted by Gasteiger charge is -2.30. The van der Waals surface area contributed by atoms with E-state index in [0.717, 1.165) is 37.2 Å². The van der Waals surface area contributed by atoms with Gasteiger partial charge in [-0.05, 0) is 75.3 Å². The quantitative estimate of drug-likeness (QED) is 0.256. The summed E-state index contributed by atoms with van der Waals surface area (Å²) in [6, 6.07) is 25.4. The minimum Gasteiger partial charge on any atom is -0.489 e. The second-order valence-electron chi connectivity index (χ2n) is 10.8. The lowest BCUT2D eigenvalue weighted by Crippen LogP contribution is -2.40. The van der Waals surface area contributed by atoms with Crippen molar-refractivity contribution in [2.24, 2.45) is 5.92 Å². The van der Waals surface area contributed by atoms with Crippen LogP contribution >= 0.6 is 0 Å². The first-order chi connectivity index (χ1) is 18.4. The van der Waals surface area contributed by atoms with E-state index in [-0.39, 0.29) is 12.0 Å². The smallest absolute Gasteiger partial charge is 0.251 e. The maximum Gasteiger partial charge on any atom is 0.251 e. The number of fused-ring (bicyclic) bond motifs is 3. The number of aliphatic hydroxyl groups is 1. The van der Waals surface area contributed by atoms with Crippen LogP contribution < -0.4 is 14.8 Å². The summed E-state index contributed by atoms with van der Waals surface area (Å²) in [6.07, 6.45) is 7.23. The Hall–Kier alpha value is -3.57. The molecule has 5 heteroatoms. The molecule has 2 N–H and O–H groups in total. The molecule has 38 heavy (non-hydrogen) atoms. The molecule has 1 heterocycles. The number of benzene rings is 3. The van der Waals surface area contributed by atoms with Crippen molar-refractivity contribution in [2.75, 3.05) is 6.54 Å². The third-order valence-electron chi connectivity index (χ3n) is 7.72. The number of allylic oxidation sites excluding steroid dienone is 1. The maximum absolute atomic E-state index is 12.3. The fraction of sp³-hybridized carbons (Fsp3) is 0.364. The first-order valence-electron chi connectivity index (χ1n) is 13.6. The second kappa shape index (κ2) is 11.4. The van der Waals surface area contributed by atoms with Crippen LogP contribution in [0.3, 0.4) is 0 Å². The average molecular weight is 512 g/mol. The third kappa shape index (κ3) is 5.78. The molecule has 0 spiro atoms. The van der Waals surface area contributed by atoms with Crippen molar-refractivity contribution in [3.63, 3.8) is 0 Å². The number of amides is 1. The van der Waals surface area contributed by atoms with Crippen molar-refractivity contribution in [1.82, 2.24) is 5.32 Å². The molecule has 4 atom stereocenters. The highest BCUT2D eigenvalue weighted by Gasteiger charge is 2.44. The van der Waals surface area contributed by atoms with E-state index >= 15 is 0 Å². The molecular formula is C33H37NO4. The molecule has 0 bridgehead atoms. The van der Waals surface area contributed by atoms with Gasteiger partial charge in [-0.1, -0.05) is 66.7 Å². The van der Waals surface area contributed by atoms with E-state index in [2.05, 4.69) is 29.6 Å². The molecule has 5 nitrogen and oxygen atoms in total. The van der Waals surface area contributed by atoms with E-state index in [1.165, 1.54) is 11.1 Å². The van der Waals surface area contributed by atoms with Gasteiger partial charge in [-0.25, -0.2) is 0 Å². The predicted molar refractivity (Wildman–Crippen MR) is 150 cm³/mol. The number of aryl methyl sites for hydroxylation is 1. The fourth-order valence-electron chi connectivity index (χ4n) is 5.63. The van der Waals surface area contributed by atoms with Gasteiger partial charge >= 0.3 is 0 Å². The van der Waals surface area contributed by atoms with Gasteiger partial charge in [0.25, 0.3) is 5.91 Å². The van der Waals surface area contributed by atoms with Crippen LogP contribution in [0, 0.1) is 5.92 Å². The molecule has 0 radical (unpaired) electrons. The Morgan fingerprint density at radius 2 is 1.79 bits per heavy atom. The number of nitrogens with one attached hydrogen (secondary N) is 1. The average Bonchev–Trinajstić information content (AvgIpc) is 3.50. The normalized spacial score (nSPS) is 21.0. The monoisotopic (exact) mass is 511 g/mol. The van der Waals surface area contributed by atoms with Crippen LogP contribution in [0.5, 0.6) is 11.5 Å². The van der Waals surface area contributed by atoms with E-state index in [1.54, 1.807) is 0 Å². The van der Waals surface area contributed by atoms with Crippen molar-refractivity contribution in [3.8, 4) is 11.5 Å². The zero-order chi connectivity index (χ0) is 26.5. The molecule has 2 aliphatic rings. The Balaban J connectivity index is 1.19. The molecule has 0 saturated heterocycles. The fourth-order valence-corrected chi connectivity index (χ4v) is 5.63. The number of carbonyl (C=O) groups excluding carboxylic acids is 1. The molecule has 0 unspecified atom stereocenters. The summed E-state index contributed by atoms with van der Waals surface area (Å²) in [5, 5.41) is 14.0. The molecule has 5 rings (SSSR count). The summed E-state index contributed by atoms with van der Waals surface area (Å²) in [4.78, 5) is 12.3. The largest absolute Gasteiger partial charge is 0.489 e. The highest BCUT2D eigenvalue weighted by Crippen LogP contribution is 2.52. The van der Waals surface area contributed by atoms with Crippen molar-refractivity contribution >= 4 is 5.91 Å². The molecule has 1 aliphatic carbocycles. The van der Waals surface area contributed by atoms with Crippen LogP contribution in [0.15, 0.2) is 91.0 Å². The maximum atomic E-state index is 12.3. The van der Waals surface area contributed by atoms with E-state index < -0.39 is 11.7 Å². The van der Waals surface area contributed by atoms with Crippen LogP contribution in [0.1, 0.15) is 60.5 Å². The molecule has 1 fully saturated rings. The molecule has 0 aromatic heterocycles. The summed E-state index contributed by atoms with van der Waals surface area (Å²) in [6.45, 7) is 4.44. The van der Waals surface area contributed by atoms with Crippen molar-refractivity contribution in [1.29, 1.82) is 0 Å². The van der Waals surface area contributed by atoms with Crippen LogP contribution in [0.25, 0.3) is 0 Å². The number of aliphatic hydroxyl groups excluding tert-OH is 1. The number of rotatable bonds is 10. The molecule has 3 aromatic carbocycles. The molecule has 198 valence electrons. The summed E-state index contributed by atoms with van der Waals surface area (Å²) in [7, 11) is 0. The lowest BCUT2D eigenvalue weighted by atomic mass is 9.86. The highest BCUT2D eigenvalue weighted by atomic mass is 16.5. The lowest BCUT2D eigenvalue weighted by molar-refractivity contribution is -0.00199. The number of carbonyl (C=O) groups is 1. The predicted octanol–water partition coefficient (Wildman–Crippen LogP) is 6.08. The first-order valence-corrected chi connectivity index (χ1v) is 13.6. The summed E-state index contributed by atoms with van der Waals surface area (Å²) in [5.74, 6) is 2.33. The van der Waals surface area contributed by atoms with Gasteiger partial charge in [0.2, 0.25) is 0 Å². The van der Waals surface area contributed by atoms with Gasteiger partial charge in [0, 0.05) is 23.6 Å². The zero-order valence-electron chi connectivity index (χ0n) is 22.2. The zero-order valence-corrected chi connectivity index (χ0v) is 22.2. The van der Waals surface area contributed by atoms with Crippen LogP contribution in [-0.2, 0) is 6.42 Å². The number of para-hydroxylation sites is 2. The minimum atomic E-state index is -0.747. The van der Waals surface area contributed by atoms with Gasteiger partial charge in [0.05, 0.1) is 0 Å². The molecule has 1 amide bonds. The van der Waals surface area contributed by atoms with Crippen LogP contribution in [0.2, 0.25) is 0 Å². The summed E-state index contributed by atoms with van der Waals surface area (Å²) in [5.41, 5.74) is 2.40. The van der Waals surface area contributed by atoms with E-state index in [1.807, 2.05) is 80.6 Å². The van der Waals surface area contributed by atoms with Gasteiger partial charge in [0.15, 0.2) is 0 Å². The van der Waals surface area contributed by atoms with Crippen LogP contribution in [-0.4, -0.2) is 35.4 Å². The topological polar surface area (TPSA) is 67.8 Å². The van der Waals surface area contributed by atoms with Gasteiger partial charge in [-0.15, -0.1) is 0 Å². The molecular weight excluding hydrogens is 474 g/mol. The number of ether oxygens (including phenoxy) is 2. The molecule has 3 aromatic rings. The Kier molecular flexibility index (Phi) is 7.85. The summed E-state index contributed by atoms with van der Waals surface area (Å²) >= 11 is 0. The first kappa shape index (κ1) is 26.1. The van der Waals surface area contributed by atoms with Gasteiger partial charge in [0.1, 0.15) is 29.3 Å². The van der Waals surface area contributed by atoms with E-state index in [0.29, 0.717) is 23.9 Å². The molecule has 1 saturated carbocycles. The highest BCUT2D eigenvalue weighted by molar-refractivity contribution is 5.94. The Labute approximate surface area is 225 Å². The third-order valence-corrected chi connectivity index (χ3v) is 7.72.